The first-order chi connectivity index (χ1) is 13.0. The second-order valence-electron chi connectivity index (χ2n) is 7.26. The van der Waals surface area contributed by atoms with Gasteiger partial charge in [0.25, 0.3) is 5.91 Å². The Bertz CT molecular complexity index is 912. The number of rotatable bonds is 6. The molecule has 0 aliphatic heterocycles. The van der Waals surface area contributed by atoms with Crippen molar-refractivity contribution >= 4 is 5.91 Å². The molecule has 0 radical (unpaired) electrons. The Kier molecular flexibility index (Phi) is 5.69. The Hall–Kier alpha value is -2.95. The summed E-state index contributed by atoms with van der Waals surface area (Å²) in [5.41, 5.74) is 4.13. The highest BCUT2D eigenvalue weighted by Gasteiger charge is 2.24. The van der Waals surface area contributed by atoms with E-state index in [0.717, 1.165) is 17.8 Å². The lowest BCUT2D eigenvalue weighted by molar-refractivity contribution is 0.0921. The van der Waals surface area contributed by atoms with Gasteiger partial charge in [-0.25, -0.2) is 4.98 Å². The van der Waals surface area contributed by atoms with Gasteiger partial charge in [0.15, 0.2) is 0 Å². The van der Waals surface area contributed by atoms with Gasteiger partial charge in [-0.15, -0.1) is 0 Å². The van der Waals surface area contributed by atoms with Gasteiger partial charge < -0.3 is 5.32 Å². The second kappa shape index (κ2) is 8.16. The van der Waals surface area contributed by atoms with Gasteiger partial charge >= 0.3 is 0 Å². The van der Waals surface area contributed by atoms with E-state index in [1.807, 2.05) is 31.3 Å². The van der Waals surface area contributed by atoms with E-state index in [2.05, 4.69) is 60.4 Å². The van der Waals surface area contributed by atoms with Crippen molar-refractivity contribution in [2.45, 2.75) is 33.2 Å². The fourth-order valence-electron chi connectivity index (χ4n) is 3.16. The molecular formula is C22H26N4O. The second-order valence-corrected chi connectivity index (χ2v) is 7.26. The van der Waals surface area contributed by atoms with Crippen LogP contribution in [0.15, 0.2) is 54.9 Å². The molecule has 0 spiro atoms. The number of amides is 1. The SMILES string of the molecule is Cc1ccc(Cc2ccccc2C(=O)N[C@H](c2ncnn2C)C(C)C)cc1. The summed E-state index contributed by atoms with van der Waals surface area (Å²) in [6.07, 6.45) is 2.24. The van der Waals surface area contributed by atoms with Crippen molar-refractivity contribution in [2.24, 2.45) is 13.0 Å². The lowest BCUT2D eigenvalue weighted by atomic mass is 9.97. The Morgan fingerprint density at radius 3 is 2.44 bits per heavy atom. The number of hydrogen-bond donors (Lipinski definition) is 1. The van der Waals surface area contributed by atoms with Crippen molar-refractivity contribution in [1.29, 1.82) is 0 Å². The van der Waals surface area contributed by atoms with Gasteiger partial charge in [-0.2, -0.15) is 5.10 Å². The molecular weight excluding hydrogens is 336 g/mol. The number of carbonyl (C=O) groups excluding carboxylic acids is 1. The average molecular weight is 362 g/mol. The summed E-state index contributed by atoms with van der Waals surface area (Å²) in [6.45, 7) is 6.21. The van der Waals surface area contributed by atoms with Crippen LogP contribution in [0.25, 0.3) is 0 Å². The fourth-order valence-corrected chi connectivity index (χ4v) is 3.16. The molecule has 0 unspecified atom stereocenters. The molecule has 27 heavy (non-hydrogen) atoms. The molecule has 0 aliphatic rings. The zero-order valence-corrected chi connectivity index (χ0v) is 16.3. The van der Waals surface area contributed by atoms with Crippen molar-refractivity contribution in [2.75, 3.05) is 0 Å². The largest absolute Gasteiger partial charge is 0.342 e. The zero-order chi connectivity index (χ0) is 19.4. The number of benzene rings is 2. The highest BCUT2D eigenvalue weighted by molar-refractivity contribution is 5.96. The molecule has 1 heterocycles. The molecule has 3 aromatic rings. The van der Waals surface area contributed by atoms with E-state index in [9.17, 15) is 4.79 Å². The number of hydrogen-bond acceptors (Lipinski definition) is 3. The van der Waals surface area contributed by atoms with Crippen molar-refractivity contribution in [3.05, 3.63) is 82.9 Å². The molecule has 1 amide bonds. The van der Waals surface area contributed by atoms with Crippen LogP contribution in [-0.2, 0) is 13.5 Å². The number of carbonyl (C=O) groups is 1. The van der Waals surface area contributed by atoms with E-state index >= 15 is 0 Å². The monoisotopic (exact) mass is 362 g/mol. The predicted octanol–water partition coefficient (Wildman–Crippen LogP) is 3.84. The van der Waals surface area contributed by atoms with Crippen LogP contribution in [0.2, 0.25) is 0 Å². The molecule has 5 heteroatoms. The molecule has 0 bridgehead atoms. The molecule has 140 valence electrons. The number of nitrogens with zero attached hydrogens (tertiary/aromatic N) is 3. The minimum absolute atomic E-state index is 0.0839. The lowest BCUT2D eigenvalue weighted by Crippen LogP contribution is -2.34. The molecule has 5 nitrogen and oxygen atoms in total. The average Bonchev–Trinajstić information content (AvgIpc) is 3.07. The van der Waals surface area contributed by atoms with E-state index in [1.165, 1.54) is 17.5 Å². The van der Waals surface area contributed by atoms with Gasteiger partial charge in [0.2, 0.25) is 0 Å². The molecule has 3 rings (SSSR count). The van der Waals surface area contributed by atoms with Gasteiger partial charge in [-0.3, -0.25) is 9.48 Å². The maximum Gasteiger partial charge on any atom is 0.252 e. The lowest BCUT2D eigenvalue weighted by Gasteiger charge is -2.22. The maximum atomic E-state index is 13.1. The van der Waals surface area contributed by atoms with E-state index in [-0.39, 0.29) is 17.9 Å². The minimum atomic E-state index is -0.197. The van der Waals surface area contributed by atoms with Crippen LogP contribution in [0.4, 0.5) is 0 Å². The molecule has 2 aromatic carbocycles. The van der Waals surface area contributed by atoms with E-state index in [0.29, 0.717) is 5.56 Å². The number of aromatic nitrogens is 3. The maximum absolute atomic E-state index is 13.1. The van der Waals surface area contributed by atoms with Crippen LogP contribution in [0.5, 0.6) is 0 Å². The minimum Gasteiger partial charge on any atom is -0.342 e. The third-order valence-electron chi connectivity index (χ3n) is 4.76. The highest BCUT2D eigenvalue weighted by atomic mass is 16.1. The van der Waals surface area contributed by atoms with Gasteiger partial charge in [0, 0.05) is 12.6 Å². The van der Waals surface area contributed by atoms with Crippen LogP contribution in [0.3, 0.4) is 0 Å². The van der Waals surface area contributed by atoms with Gasteiger partial charge in [-0.1, -0.05) is 61.9 Å². The third kappa shape index (κ3) is 4.42. The molecule has 0 aliphatic carbocycles. The summed E-state index contributed by atoms with van der Waals surface area (Å²) in [5, 5.41) is 7.28. The first-order valence-electron chi connectivity index (χ1n) is 9.24. The normalized spacial score (nSPS) is 12.2. The Morgan fingerprint density at radius 2 is 1.81 bits per heavy atom. The van der Waals surface area contributed by atoms with Crippen molar-refractivity contribution in [3.63, 3.8) is 0 Å². The van der Waals surface area contributed by atoms with Gasteiger partial charge in [0.05, 0.1) is 6.04 Å². The summed E-state index contributed by atoms with van der Waals surface area (Å²) < 4.78 is 1.71. The van der Waals surface area contributed by atoms with Crippen LogP contribution in [0.1, 0.15) is 52.8 Å². The number of nitrogens with one attached hydrogen (secondary N) is 1. The summed E-state index contributed by atoms with van der Waals surface area (Å²) >= 11 is 0. The highest BCUT2D eigenvalue weighted by Crippen LogP contribution is 2.21. The predicted molar refractivity (Wildman–Crippen MR) is 106 cm³/mol. The molecule has 1 N–H and O–H groups in total. The van der Waals surface area contributed by atoms with Crippen LogP contribution in [0, 0.1) is 12.8 Å². The van der Waals surface area contributed by atoms with Crippen molar-refractivity contribution < 1.29 is 4.79 Å². The standard InChI is InChI=1S/C22H26N4O/c1-15(2)20(21-23-14-24-26(21)4)25-22(27)19-8-6-5-7-18(19)13-17-11-9-16(3)10-12-17/h5-12,14-15,20H,13H2,1-4H3,(H,25,27)/t20-/m0/s1. The van der Waals surface area contributed by atoms with Crippen LogP contribution < -0.4 is 5.32 Å². The van der Waals surface area contributed by atoms with Crippen molar-refractivity contribution in [1.82, 2.24) is 20.1 Å². The van der Waals surface area contributed by atoms with Gasteiger partial charge in [-0.05, 0) is 36.5 Å². The topological polar surface area (TPSA) is 59.8 Å². The quantitative estimate of drug-likeness (QED) is 0.725. The van der Waals surface area contributed by atoms with Crippen LogP contribution >= 0.6 is 0 Å². The fraction of sp³-hybridized carbons (Fsp3) is 0.318. The summed E-state index contributed by atoms with van der Waals surface area (Å²) in [5.74, 6) is 0.870. The molecule has 0 saturated carbocycles. The van der Waals surface area contributed by atoms with E-state index in [1.54, 1.807) is 4.68 Å². The summed E-state index contributed by atoms with van der Waals surface area (Å²) in [4.78, 5) is 17.4. The van der Waals surface area contributed by atoms with E-state index < -0.39 is 0 Å². The summed E-state index contributed by atoms with van der Waals surface area (Å²) in [6, 6.07) is 16.0. The Morgan fingerprint density at radius 1 is 1.11 bits per heavy atom. The van der Waals surface area contributed by atoms with Crippen molar-refractivity contribution in [3.8, 4) is 0 Å². The van der Waals surface area contributed by atoms with Crippen LogP contribution in [-0.4, -0.2) is 20.7 Å². The van der Waals surface area contributed by atoms with Gasteiger partial charge in [0.1, 0.15) is 12.2 Å². The Balaban J connectivity index is 1.84. The molecule has 0 saturated heterocycles. The molecule has 1 atom stereocenters. The van der Waals surface area contributed by atoms with E-state index in [4.69, 9.17) is 0 Å². The Labute approximate surface area is 160 Å². The first-order valence-corrected chi connectivity index (χ1v) is 9.24. The summed E-state index contributed by atoms with van der Waals surface area (Å²) in [7, 11) is 1.84. The molecule has 0 fully saturated rings. The number of aryl methyl sites for hydroxylation is 2. The first kappa shape index (κ1) is 18.8. The smallest absolute Gasteiger partial charge is 0.252 e. The third-order valence-corrected chi connectivity index (χ3v) is 4.76. The zero-order valence-electron chi connectivity index (χ0n) is 16.3. The molecule has 1 aromatic heterocycles.